The highest BCUT2D eigenvalue weighted by atomic mass is 32.2. The zero-order valence-corrected chi connectivity index (χ0v) is 28.8. The van der Waals surface area contributed by atoms with Crippen LogP contribution in [0, 0.1) is 13.8 Å². The van der Waals surface area contributed by atoms with Gasteiger partial charge < -0.3 is 19.6 Å². The number of aliphatic hydroxyl groups excluding tert-OH is 1. The van der Waals surface area contributed by atoms with Crippen LogP contribution in [0.25, 0.3) is 11.0 Å². The summed E-state index contributed by atoms with van der Waals surface area (Å²) in [7, 11) is 0.0956. The van der Waals surface area contributed by atoms with E-state index in [0.717, 1.165) is 70.6 Å². The fourth-order valence-corrected chi connectivity index (χ4v) is 8.10. The minimum absolute atomic E-state index is 0.212. The molecular formula is C35H48N6O4S. The van der Waals surface area contributed by atoms with Crippen LogP contribution >= 0.6 is 0 Å². The minimum atomic E-state index is -3.71. The maximum atomic E-state index is 13.9. The van der Waals surface area contributed by atoms with Gasteiger partial charge >= 0.3 is 0 Å². The third-order valence-electron chi connectivity index (χ3n) is 9.42. The van der Waals surface area contributed by atoms with E-state index in [9.17, 15) is 13.5 Å². The first-order valence-corrected chi connectivity index (χ1v) is 17.7. The first kappa shape index (κ1) is 34.0. The molecule has 1 aliphatic rings. The van der Waals surface area contributed by atoms with Gasteiger partial charge in [-0.25, -0.2) is 13.1 Å². The van der Waals surface area contributed by atoms with E-state index in [4.69, 9.17) is 4.74 Å². The number of rotatable bonds is 13. The third kappa shape index (κ3) is 7.13. The molecule has 5 rings (SSSR count). The Morgan fingerprint density at radius 2 is 1.78 bits per heavy atom. The molecule has 11 heteroatoms. The molecule has 0 radical (unpaired) electrons. The van der Waals surface area contributed by atoms with Gasteiger partial charge in [0.25, 0.3) is 0 Å². The van der Waals surface area contributed by atoms with Gasteiger partial charge in [-0.2, -0.15) is 4.31 Å². The molecule has 1 aliphatic heterocycles. The minimum Gasteiger partial charge on any atom is -0.372 e. The molecule has 0 bridgehead atoms. The van der Waals surface area contributed by atoms with E-state index in [-0.39, 0.29) is 12.5 Å². The predicted octanol–water partition coefficient (Wildman–Crippen LogP) is 4.81. The summed E-state index contributed by atoms with van der Waals surface area (Å²) in [5, 5.41) is 19.8. The van der Waals surface area contributed by atoms with E-state index >= 15 is 0 Å². The Morgan fingerprint density at radius 3 is 2.54 bits per heavy atom. The number of hydrogen-bond acceptors (Lipinski definition) is 8. The van der Waals surface area contributed by atoms with Crippen molar-refractivity contribution < 1.29 is 18.3 Å². The van der Waals surface area contributed by atoms with Crippen LogP contribution in [0.15, 0.2) is 59.5 Å². The lowest BCUT2D eigenvalue weighted by atomic mass is 9.84. The highest BCUT2D eigenvalue weighted by Crippen LogP contribution is 2.36. The number of aryl methyl sites for hydroxylation is 3. The number of hydrogen-bond donors (Lipinski definition) is 1. The maximum absolute atomic E-state index is 13.9. The summed E-state index contributed by atoms with van der Waals surface area (Å²) < 4.78 is 37.1. The number of benzene rings is 3. The van der Waals surface area contributed by atoms with Crippen molar-refractivity contribution in [2.45, 2.75) is 64.2 Å². The van der Waals surface area contributed by atoms with E-state index in [0.29, 0.717) is 31.0 Å². The number of likely N-dealkylation sites (N-methyl/N-ethyl adjacent to an activating group) is 1. The predicted molar refractivity (Wildman–Crippen MR) is 183 cm³/mol. The number of nitrogens with zero attached hydrogens (tertiary/aromatic N) is 6. The summed E-state index contributed by atoms with van der Waals surface area (Å²) >= 11 is 0. The zero-order chi connectivity index (χ0) is 33.0. The highest BCUT2D eigenvalue weighted by molar-refractivity contribution is 7.89. The van der Waals surface area contributed by atoms with Gasteiger partial charge in [-0.1, -0.05) is 55.5 Å². The Hall–Kier alpha value is -3.35. The van der Waals surface area contributed by atoms with Crippen molar-refractivity contribution in [3.05, 3.63) is 82.4 Å². The number of para-hydroxylation sites is 1. The number of ether oxygens (including phenoxy) is 1. The molecule has 0 saturated carbocycles. The van der Waals surface area contributed by atoms with Crippen LogP contribution in [0.3, 0.4) is 0 Å². The average Bonchev–Trinajstić information content (AvgIpc) is 3.40. The second kappa shape index (κ2) is 14.6. The molecule has 4 aromatic rings. The van der Waals surface area contributed by atoms with Crippen molar-refractivity contribution in [3.8, 4) is 0 Å². The number of sulfonamides is 1. The van der Waals surface area contributed by atoms with Gasteiger partial charge in [-0.15, -0.1) is 5.10 Å². The average molecular weight is 649 g/mol. The fraction of sp³-hybridized carbons (Fsp3) is 0.486. The molecule has 1 aromatic heterocycles. The van der Waals surface area contributed by atoms with Crippen molar-refractivity contribution in [2.24, 2.45) is 7.05 Å². The van der Waals surface area contributed by atoms with Crippen LogP contribution < -0.4 is 4.90 Å². The Morgan fingerprint density at radius 1 is 1.02 bits per heavy atom. The number of aromatic nitrogens is 3. The summed E-state index contributed by atoms with van der Waals surface area (Å²) in [5.41, 5.74) is 7.45. The van der Waals surface area contributed by atoms with Crippen molar-refractivity contribution in [1.82, 2.24) is 24.2 Å². The lowest BCUT2D eigenvalue weighted by Gasteiger charge is -2.26. The van der Waals surface area contributed by atoms with E-state index in [1.165, 1.54) is 0 Å². The maximum Gasteiger partial charge on any atom is 0.245 e. The molecule has 2 unspecified atom stereocenters. The molecule has 0 spiro atoms. The van der Waals surface area contributed by atoms with E-state index in [1.807, 2.05) is 51.0 Å². The number of anilines is 1. The zero-order valence-electron chi connectivity index (χ0n) is 28.0. The van der Waals surface area contributed by atoms with Crippen molar-refractivity contribution >= 4 is 26.7 Å². The lowest BCUT2D eigenvalue weighted by molar-refractivity contribution is -0.106. The van der Waals surface area contributed by atoms with Gasteiger partial charge in [0.2, 0.25) is 10.0 Å². The topological polar surface area (TPSA) is 104 Å². The summed E-state index contributed by atoms with van der Waals surface area (Å²) in [6, 6.07) is 17.5. The van der Waals surface area contributed by atoms with Gasteiger partial charge in [-0.05, 0) is 79.4 Å². The monoisotopic (exact) mass is 648 g/mol. The molecule has 1 N–H and O–H groups in total. The second-order valence-electron chi connectivity index (χ2n) is 12.3. The van der Waals surface area contributed by atoms with Crippen molar-refractivity contribution in [2.75, 3.05) is 51.3 Å². The Kier molecular flexibility index (Phi) is 10.8. The SMILES string of the molecule is CCN(CC)CCCOC(O)CC(c1ccc(C)c(CN2CCN(C)c3ccccc3S2(=O)=O)c1)c1ccc2c(nnn2C)c1C. The summed E-state index contributed by atoms with van der Waals surface area (Å²) in [6.07, 6.45) is 0.215. The van der Waals surface area contributed by atoms with Crippen LogP contribution in [0.4, 0.5) is 5.69 Å². The molecule has 0 amide bonds. The molecule has 46 heavy (non-hydrogen) atoms. The number of fused-ring (bicyclic) bond motifs is 2. The lowest BCUT2D eigenvalue weighted by Crippen LogP contribution is -2.33. The number of aliphatic hydroxyl groups is 1. The van der Waals surface area contributed by atoms with Crippen molar-refractivity contribution in [1.29, 1.82) is 0 Å². The molecule has 0 fully saturated rings. The summed E-state index contributed by atoms with van der Waals surface area (Å²) in [4.78, 5) is 4.67. The molecule has 0 saturated heterocycles. The van der Waals surface area contributed by atoms with Crippen molar-refractivity contribution in [3.63, 3.8) is 0 Å². The van der Waals surface area contributed by atoms with Gasteiger partial charge in [0.1, 0.15) is 10.4 Å². The van der Waals surface area contributed by atoms with Gasteiger partial charge in [0.15, 0.2) is 6.29 Å². The fourth-order valence-electron chi connectivity index (χ4n) is 6.45. The van der Waals surface area contributed by atoms with Gasteiger partial charge in [0, 0.05) is 52.6 Å². The van der Waals surface area contributed by atoms with Crippen LogP contribution in [0.2, 0.25) is 0 Å². The quantitative estimate of drug-likeness (QED) is 0.163. The normalized spacial score (nSPS) is 16.5. The molecule has 248 valence electrons. The molecular weight excluding hydrogens is 600 g/mol. The smallest absolute Gasteiger partial charge is 0.245 e. The Bertz CT molecular complexity index is 1750. The molecule has 2 heterocycles. The molecule has 0 aliphatic carbocycles. The Labute approximate surface area is 273 Å². The molecule has 10 nitrogen and oxygen atoms in total. The van der Waals surface area contributed by atoms with Crippen LogP contribution in [-0.4, -0.2) is 90.4 Å². The molecule has 3 aromatic carbocycles. The molecule has 2 atom stereocenters. The van der Waals surface area contributed by atoms with Crippen LogP contribution in [0.1, 0.15) is 60.4 Å². The second-order valence-corrected chi connectivity index (χ2v) is 14.2. The summed E-state index contributed by atoms with van der Waals surface area (Å²) in [6.45, 7) is 12.9. The Balaban J connectivity index is 1.46. The summed E-state index contributed by atoms with van der Waals surface area (Å²) in [5.74, 6) is -0.212. The van der Waals surface area contributed by atoms with Crippen LogP contribution in [-0.2, 0) is 28.4 Å². The van der Waals surface area contributed by atoms with E-state index < -0.39 is 16.3 Å². The largest absolute Gasteiger partial charge is 0.372 e. The van der Waals surface area contributed by atoms with Crippen LogP contribution in [0.5, 0.6) is 0 Å². The van der Waals surface area contributed by atoms with Gasteiger partial charge in [0.05, 0.1) is 17.8 Å². The van der Waals surface area contributed by atoms with E-state index in [2.05, 4.69) is 53.3 Å². The highest BCUT2D eigenvalue weighted by Gasteiger charge is 2.32. The standard InChI is InChI=1S/C35H48N6O4S/c1-7-40(8-2)18-11-21-45-34(42)23-30(29-16-17-32-35(26(29)4)36-37-39(32)6)27-15-14-25(3)28(22-27)24-41-20-19-38(5)31-12-9-10-13-33(31)46(41,43)44/h9-10,12-17,22,30,34,42H,7-8,11,18-21,23-24H2,1-6H3. The first-order chi connectivity index (χ1) is 22.0. The first-order valence-electron chi connectivity index (χ1n) is 16.3. The van der Waals surface area contributed by atoms with E-state index in [1.54, 1.807) is 21.1 Å². The third-order valence-corrected chi connectivity index (χ3v) is 11.3. The van der Waals surface area contributed by atoms with Gasteiger partial charge in [-0.3, -0.25) is 0 Å².